The molecule has 0 aromatic heterocycles. The van der Waals surface area contributed by atoms with Crippen LogP contribution in [0.1, 0.15) is 6.92 Å². The second-order valence-corrected chi connectivity index (χ2v) is 2.67. The summed E-state index contributed by atoms with van der Waals surface area (Å²) >= 11 is 0. The van der Waals surface area contributed by atoms with Gasteiger partial charge in [-0.3, -0.25) is 10.3 Å². The van der Waals surface area contributed by atoms with Gasteiger partial charge in [-0.15, -0.1) is 0 Å². The first-order chi connectivity index (χ1) is 6.69. The highest BCUT2D eigenvalue weighted by Crippen LogP contribution is 2.14. The second kappa shape index (κ2) is 4.57. The quantitative estimate of drug-likeness (QED) is 0.425. The number of hydrazine groups is 1. The van der Waals surface area contributed by atoms with Gasteiger partial charge < -0.3 is 0 Å². The van der Waals surface area contributed by atoms with E-state index in [1.807, 2.05) is 5.43 Å². The Balaban J connectivity index is 2.94. The standard InChI is InChI=1S/C9H12FN3O/c1-2-13(9(14)12-11)8-5-3-4-7(10)6-8/h3-6H,2,11H2,1H3,(H,12,14). The molecule has 0 unspecified atom stereocenters. The Kier molecular flexibility index (Phi) is 3.41. The maximum atomic E-state index is 12.8. The van der Waals surface area contributed by atoms with Crippen LogP contribution in [0.3, 0.4) is 0 Å². The van der Waals surface area contributed by atoms with Crippen LogP contribution in [-0.4, -0.2) is 12.6 Å². The van der Waals surface area contributed by atoms with Gasteiger partial charge in [-0.2, -0.15) is 0 Å². The second-order valence-electron chi connectivity index (χ2n) is 2.67. The van der Waals surface area contributed by atoms with E-state index in [-0.39, 0.29) is 5.82 Å². The molecule has 1 aromatic rings. The van der Waals surface area contributed by atoms with Crippen LogP contribution < -0.4 is 16.2 Å². The van der Waals surface area contributed by atoms with E-state index in [1.165, 1.54) is 23.1 Å². The summed E-state index contributed by atoms with van der Waals surface area (Å²) in [4.78, 5) is 12.6. The first-order valence-corrected chi connectivity index (χ1v) is 4.22. The summed E-state index contributed by atoms with van der Waals surface area (Å²) in [6, 6.07) is 5.31. The number of halogens is 1. The van der Waals surface area contributed by atoms with Crippen LogP contribution in [0, 0.1) is 5.82 Å². The van der Waals surface area contributed by atoms with Gasteiger partial charge in [-0.05, 0) is 25.1 Å². The zero-order valence-electron chi connectivity index (χ0n) is 7.83. The Morgan fingerprint density at radius 1 is 1.64 bits per heavy atom. The average Bonchev–Trinajstić information content (AvgIpc) is 2.19. The molecule has 0 bridgehead atoms. The number of nitrogens with one attached hydrogen (secondary N) is 1. The molecule has 0 saturated heterocycles. The van der Waals surface area contributed by atoms with Crippen molar-refractivity contribution in [3.63, 3.8) is 0 Å². The van der Waals surface area contributed by atoms with Gasteiger partial charge in [0.15, 0.2) is 0 Å². The fourth-order valence-electron chi connectivity index (χ4n) is 1.17. The Labute approximate surface area is 81.5 Å². The van der Waals surface area contributed by atoms with E-state index in [1.54, 1.807) is 13.0 Å². The molecule has 0 radical (unpaired) electrons. The third-order valence-electron chi connectivity index (χ3n) is 1.80. The molecule has 0 spiro atoms. The molecule has 76 valence electrons. The van der Waals surface area contributed by atoms with Gasteiger partial charge in [-0.25, -0.2) is 15.0 Å². The molecular formula is C9H12FN3O. The SMILES string of the molecule is CCN(C(=O)NN)c1cccc(F)c1. The number of anilines is 1. The lowest BCUT2D eigenvalue weighted by Crippen LogP contribution is -2.43. The first-order valence-electron chi connectivity index (χ1n) is 4.22. The minimum Gasteiger partial charge on any atom is -0.294 e. The van der Waals surface area contributed by atoms with Crippen LogP contribution in [0.4, 0.5) is 14.9 Å². The topological polar surface area (TPSA) is 58.4 Å². The maximum Gasteiger partial charge on any atom is 0.335 e. The summed E-state index contributed by atoms with van der Waals surface area (Å²) in [5.41, 5.74) is 2.48. The molecule has 5 heteroatoms. The van der Waals surface area contributed by atoms with E-state index in [9.17, 15) is 9.18 Å². The van der Waals surface area contributed by atoms with E-state index in [4.69, 9.17) is 5.84 Å². The third kappa shape index (κ3) is 2.20. The highest BCUT2D eigenvalue weighted by Gasteiger charge is 2.12. The lowest BCUT2D eigenvalue weighted by atomic mass is 10.3. The number of nitrogens with zero attached hydrogens (tertiary/aromatic N) is 1. The maximum absolute atomic E-state index is 12.8. The zero-order valence-corrected chi connectivity index (χ0v) is 7.83. The van der Waals surface area contributed by atoms with Crippen molar-refractivity contribution in [2.45, 2.75) is 6.92 Å². The summed E-state index contributed by atoms with van der Waals surface area (Å²) in [5.74, 6) is 4.61. The number of carbonyl (C=O) groups excluding carboxylic acids is 1. The van der Waals surface area contributed by atoms with Crippen LogP contribution in [-0.2, 0) is 0 Å². The molecule has 3 N–H and O–H groups in total. The van der Waals surface area contributed by atoms with Crippen molar-refractivity contribution in [3.8, 4) is 0 Å². The summed E-state index contributed by atoms with van der Waals surface area (Å²) < 4.78 is 12.8. The normalized spacial score (nSPS) is 9.64. The molecule has 0 saturated carbocycles. The number of benzene rings is 1. The van der Waals surface area contributed by atoms with E-state index >= 15 is 0 Å². The number of amides is 2. The van der Waals surface area contributed by atoms with Gasteiger partial charge in [-0.1, -0.05) is 6.07 Å². The minimum absolute atomic E-state index is 0.384. The van der Waals surface area contributed by atoms with E-state index in [2.05, 4.69) is 0 Å². The van der Waals surface area contributed by atoms with E-state index in [0.717, 1.165) is 0 Å². The zero-order chi connectivity index (χ0) is 10.6. The molecule has 1 rings (SSSR count). The van der Waals surface area contributed by atoms with Crippen molar-refractivity contribution in [1.82, 2.24) is 5.43 Å². The molecule has 0 aliphatic carbocycles. The van der Waals surface area contributed by atoms with Crippen LogP contribution in [0.15, 0.2) is 24.3 Å². The summed E-state index contributed by atoms with van der Waals surface area (Å²) in [5, 5.41) is 0. The molecular weight excluding hydrogens is 185 g/mol. The van der Waals surface area contributed by atoms with Crippen molar-refractivity contribution in [2.24, 2.45) is 5.84 Å². The monoisotopic (exact) mass is 197 g/mol. The van der Waals surface area contributed by atoms with Crippen molar-refractivity contribution in [2.75, 3.05) is 11.4 Å². The molecule has 0 aliphatic heterocycles. The molecule has 2 amide bonds. The van der Waals surface area contributed by atoms with Crippen LogP contribution in [0.5, 0.6) is 0 Å². The molecule has 4 nitrogen and oxygen atoms in total. The number of hydrogen-bond donors (Lipinski definition) is 2. The smallest absolute Gasteiger partial charge is 0.294 e. The van der Waals surface area contributed by atoms with Gasteiger partial charge in [0.25, 0.3) is 0 Å². The van der Waals surface area contributed by atoms with E-state index in [0.29, 0.717) is 12.2 Å². The molecule has 1 aromatic carbocycles. The van der Waals surface area contributed by atoms with Crippen molar-refractivity contribution >= 4 is 11.7 Å². The van der Waals surface area contributed by atoms with Gasteiger partial charge >= 0.3 is 6.03 Å². The fraction of sp³-hybridized carbons (Fsp3) is 0.222. The van der Waals surface area contributed by atoms with Crippen LogP contribution in [0.2, 0.25) is 0 Å². The lowest BCUT2D eigenvalue weighted by Gasteiger charge is -2.19. The Morgan fingerprint density at radius 2 is 2.36 bits per heavy atom. The number of urea groups is 1. The van der Waals surface area contributed by atoms with Gasteiger partial charge in [0.1, 0.15) is 5.82 Å². The van der Waals surface area contributed by atoms with Crippen LogP contribution >= 0.6 is 0 Å². The molecule has 0 atom stereocenters. The largest absolute Gasteiger partial charge is 0.335 e. The Bertz CT molecular complexity index is 330. The summed E-state index contributed by atoms with van der Waals surface area (Å²) in [6.07, 6.45) is 0. The van der Waals surface area contributed by atoms with Crippen molar-refractivity contribution < 1.29 is 9.18 Å². The fourth-order valence-corrected chi connectivity index (χ4v) is 1.17. The van der Waals surface area contributed by atoms with Crippen molar-refractivity contribution in [1.29, 1.82) is 0 Å². The first kappa shape index (κ1) is 10.5. The van der Waals surface area contributed by atoms with Crippen LogP contribution in [0.25, 0.3) is 0 Å². The average molecular weight is 197 g/mol. The summed E-state index contributed by atoms with van der Waals surface area (Å²) in [6.45, 7) is 2.20. The number of hydrogen-bond acceptors (Lipinski definition) is 2. The highest BCUT2D eigenvalue weighted by molar-refractivity contribution is 5.91. The molecule has 14 heavy (non-hydrogen) atoms. The Hall–Kier alpha value is -1.62. The summed E-state index contributed by atoms with van der Waals surface area (Å²) in [7, 11) is 0. The van der Waals surface area contributed by atoms with Crippen molar-refractivity contribution in [3.05, 3.63) is 30.1 Å². The number of nitrogens with two attached hydrogens (primary N) is 1. The number of rotatable bonds is 2. The lowest BCUT2D eigenvalue weighted by molar-refractivity contribution is 0.247. The highest BCUT2D eigenvalue weighted by atomic mass is 19.1. The predicted molar refractivity (Wildman–Crippen MR) is 52.1 cm³/mol. The Morgan fingerprint density at radius 3 is 2.86 bits per heavy atom. The van der Waals surface area contributed by atoms with Gasteiger partial charge in [0.05, 0.1) is 0 Å². The third-order valence-corrected chi connectivity index (χ3v) is 1.80. The minimum atomic E-state index is -0.460. The van der Waals surface area contributed by atoms with Gasteiger partial charge in [0, 0.05) is 12.2 Å². The van der Waals surface area contributed by atoms with E-state index < -0.39 is 6.03 Å². The predicted octanol–water partition coefficient (Wildman–Crippen LogP) is 1.24. The molecule has 0 heterocycles. The van der Waals surface area contributed by atoms with Gasteiger partial charge in [0.2, 0.25) is 0 Å². The number of carbonyl (C=O) groups is 1. The molecule has 0 fully saturated rings. The molecule has 0 aliphatic rings.